The summed E-state index contributed by atoms with van der Waals surface area (Å²) in [5, 5.41) is 6.68. The monoisotopic (exact) mass is 420 g/mol. The number of furan rings is 1. The summed E-state index contributed by atoms with van der Waals surface area (Å²) < 4.78 is 35.5. The summed E-state index contributed by atoms with van der Waals surface area (Å²) in [4.78, 5) is 7.07. The second-order valence-electron chi connectivity index (χ2n) is 7.20. The second-order valence-corrected chi connectivity index (χ2v) is 7.20. The number of hydrogen-bond donors (Lipinski definition) is 2. The minimum atomic E-state index is -2.49. The molecule has 1 saturated heterocycles. The van der Waals surface area contributed by atoms with Crippen LogP contribution in [0, 0.1) is 0 Å². The second kappa shape index (κ2) is 11.5. The number of ether oxygens (including phenoxy) is 1. The molecule has 0 bridgehead atoms. The van der Waals surface area contributed by atoms with Gasteiger partial charge in [-0.15, -0.1) is 0 Å². The molecule has 0 amide bonds. The first-order chi connectivity index (χ1) is 14.7. The smallest absolute Gasteiger partial charge is 0.272 e. The molecule has 164 valence electrons. The van der Waals surface area contributed by atoms with Crippen LogP contribution in [-0.4, -0.2) is 50.1 Å². The molecule has 0 aliphatic carbocycles. The van der Waals surface area contributed by atoms with Crippen LogP contribution >= 0.6 is 0 Å². The number of likely N-dealkylation sites (tertiary alicyclic amines) is 1. The summed E-state index contributed by atoms with van der Waals surface area (Å²) in [5.41, 5.74) is 0.890. The first-order valence-electron chi connectivity index (χ1n) is 10.4. The highest BCUT2D eigenvalue weighted by Gasteiger charge is 2.25. The minimum absolute atomic E-state index is 0.150. The summed E-state index contributed by atoms with van der Waals surface area (Å²) in [6, 6.07) is 11.2. The van der Waals surface area contributed by atoms with Gasteiger partial charge in [-0.3, -0.25) is 4.90 Å². The van der Waals surface area contributed by atoms with Gasteiger partial charge in [0, 0.05) is 13.1 Å². The van der Waals surface area contributed by atoms with E-state index in [1.54, 1.807) is 24.5 Å². The van der Waals surface area contributed by atoms with Crippen LogP contribution in [0.3, 0.4) is 0 Å². The van der Waals surface area contributed by atoms with Crippen LogP contribution in [0.25, 0.3) is 0 Å². The van der Waals surface area contributed by atoms with Crippen LogP contribution in [0.15, 0.2) is 52.1 Å². The summed E-state index contributed by atoms with van der Waals surface area (Å²) in [7, 11) is 0. The molecule has 1 aromatic carbocycles. The molecule has 2 heterocycles. The van der Waals surface area contributed by atoms with Crippen molar-refractivity contribution in [3.8, 4) is 5.75 Å². The Morgan fingerprint density at radius 2 is 2.03 bits per heavy atom. The molecule has 1 aliphatic heterocycles. The largest absolute Gasteiger partial charge is 0.488 e. The van der Waals surface area contributed by atoms with Gasteiger partial charge < -0.3 is 19.8 Å². The van der Waals surface area contributed by atoms with Crippen molar-refractivity contribution >= 4 is 5.96 Å². The van der Waals surface area contributed by atoms with Gasteiger partial charge in [-0.25, -0.2) is 13.8 Å². The molecule has 30 heavy (non-hydrogen) atoms. The Labute approximate surface area is 176 Å². The summed E-state index contributed by atoms with van der Waals surface area (Å²) in [6.45, 7) is 5.35. The topological polar surface area (TPSA) is 62.0 Å². The number of rotatable bonds is 10. The zero-order chi connectivity index (χ0) is 21.2. The first kappa shape index (κ1) is 22.1. The molecule has 1 unspecified atom stereocenters. The van der Waals surface area contributed by atoms with Crippen molar-refractivity contribution in [2.45, 2.75) is 38.8 Å². The maximum atomic E-state index is 12.4. The fourth-order valence-electron chi connectivity index (χ4n) is 3.54. The van der Waals surface area contributed by atoms with Gasteiger partial charge in [0.25, 0.3) is 6.43 Å². The van der Waals surface area contributed by atoms with E-state index in [4.69, 9.17) is 9.15 Å². The molecule has 2 aromatic rings. The predicted octanol–water partition coefficient (Wildman–Crippen LogP) is 3.82. The summed E-state index contributed by atoms with van der Waals surface area (Å²) in [6.07, 6.45) is 1.62. The van der Waals surface area contributed by atoms with E-state index >= 15 is 0 Å². The summed E-state index contributed by atoms with van der Waals surface area (Å²) in [5.74, 6) is 2.07. The number of nitrogens with zero attached hydrogens (tertiary/aromatic N) is 2. The third-order valence-electron chi connectivity index (χ3n) is 4.95. The lowest BCUT2D eigenvalue weighted by Gasteiger charge is -2.26. The molecule has 0 spiro atoms. The molecular formula is C22H30F2N4O2. The van der Waals surface area contributed by atoms with Gasteiger partial charge in [-0.1, -0.05) is 12.1 Å². The maximum Gasteiger partial charge on any atom is 0.272 e. The molecule has 8 heteroatoms. The van der Waals surface area contributed by atoms with E-state index in [1.807, 2.05) is 25.1 Å². The number of benzene rings is 1. The molecule has 3 rings (SSSR count). The molecule has 1 atom stereocenters. The van der Waals surface area contributed by atoms with Crippen molar-refractivity contribution < 1.29 is 17.9 Å². The van der Waals surface area contributed by atoms with Crippen LogP contribution in [0.1, 0.15) is 37.1 Å². The zero-order valence-electron chi connectivity index (χ0n) is 17.3. The fraction of sp³-hybridized carbons (Fsp3) is 0.500. The van der Waals surface area contributed by atoms with Gasteiger partial charge in [0.05, 0.1) is 18.8 Å². The van der Waals surface area contributed by atoms with Crippen LogP contribution in [0.2, 0.25) is 0 Å². The molecule has 2 N–H and O–H groups in total. The standard InChI is InChI=1S/C22H30F2N4O2/c1-2-25-22(26-14-17-7-5-8-18(13-17)30-16-21(23)24)27-15-19(20-9-6-12-29-20)28-10-3-4-11-28/h5-9,12-13,19,21H,2-4,10-11,14-16H2,1H3,(H2,25,26,27). The maximum absolute atomic E-state index is 12.4. The van der Waals surface area contributed by atoms with Gasteiger partial charge in [0.1, 0.15) is 18.1 Å². The van der Waals surface area contributed by atoms with Crippen molar-refractivity contribution in [2.24, 2.45) is 4.99 Å². The van der Waals surface area contributed by atoms with Crippen molar-refractivity contribution in [1.29, 1.82) is 0 Å². The van der Waals surface area contributed by atoms with E-state index in [2.05, 4.69) is 20.5 Å². The Balaban J connectivity index is 1.62. The van der Waals surface area contributed by atoms with Crippen molar-refractivity contribution in [1.82, 2.24) is 15.5 Å². The van der Waals surface area contributed by atoms with E-state index in [1.165, 1.54) is 12.8 Å². The molecule has 1 aliphatic rings. The molecule has 6 nitrogen and oxygen atoms in total. The first-order valence-corrected chi connectivity index (χ1v) is 10.4. The van der Waals surface area contributed by atoms with Gasteiger partial charge in [0.15, 0.2) is 5.96 Å². The Morgan fingerprint density at radius 1 is 1.20 bits per heavy atom. The molecule has 0 saturated carbocycles. The number of halogens is 2. The minimum Gasteiger partial charge on any atom is -0.488 e. The zero-order valence-corrected chi connectivity index (χ0v) is 17.3. The third kappa shape index (κ3) is 6.73. The van der Waals surface area contributed by atoms with Gasteiger partial charge >= 0.3 is 0 Å². The Hall–Kier alpha value is -2.61. The highest BCUT2D eigenvalue weighted by atomic mass is 19.3. The Bertz CT molecular complexity index is 777. The number of nitrogens with one attached hydrogen (secondary N) is 2. The lowest BCUT2D eigenvalue weighted by Crippen LogP contribution is -2.42. The van der Waals surface area contributed by atoms with Gasteiger partial charge in [-0.05, 0) is 62.7 Å². The average Bonchev–Trinajstić information content (AvgIpc) is 3.46. The normalized spacial score (nSPS) is 16.1. The van der Waals surface area contributed by atoms with Crippen LogP contribution < -0.4 is 15.4 Å². The number of aliphatic imine (C=N–C) groups is 1. The van der Waals surface area contributed by atoms with E-state index in [-0.39, 0.29) is 6.04 Å². The molecule has 1 fully saturated rings. The van der Waals surface area contributed by atoms with Crippen LogP contribution in [0.4, 0.5) is 8.78 Å². The lowest BCUT2D eigenvalue weighted by atomic mass is 10.2. The van der Waals surface area contributed by atoms with E-state index in [0.29, 0.717) is 24.8 Å². The van der Waals surface area contributed by atoms with Gasteiger partial charge in [0.2, 0.25) is 0 Å². The average molecular weight is 421 g/mol. The molecular weight excluding hydrogens is 390 g/mol. The fourth-order valence-corrected chi connectivity index (χ4v) is 3.54. The van der Waals surface area contributed by atoms with Crippen molar-refractivity contribution in [3.63, 3.8) is 0 Å². The number of hydrogen-bond acceptors (Lipinski definition) is 4. The van der Waals surface area contributed by atoms with E-state index in [9.17, 15) is 8.78 Å². The van der Waals surface area contributed by atoms with Crippen molar-refractivity contribution in [2.75, 3.05) is 32.8 Å². The van der Waals surface area contributed by atoms with E-state index in [0.717, 1.165) is 31.0 Å². The van der Waals surface area contributed by atoms with Crippen molar-refractivity contribution in [3.05, 3.63) is 54.0 Å². The molecule has 1 aromatic heterocycles. The highest BCUT2D eigenvalue weighted by Crippen LogP contribution is 2.24. The highest BCUT2D eigenvalue weighted by molar-refractivity contribution is 5.79. The van der Waals surface area contributed by atoms with Crippen LogP contribution in [-0.2, 0) is 6.54 Å². The van der Waals surface area contributed by atoms with Gasteiger partial charge in [-0.2, -0.15) is 0 Å². The Kier molecular flexibility index (Phi) is 8.50. The quantitative estimate of drug-likeness (QED) is 0.452. The predicted molar refractivity (Wildman–Crippen MR) is 113 cm³/mol. The van der Waals surface area contributed by atoms with E-state index < -0.39 is 13.0 Å². The SMILES string of the molecule is CCNC(=NCc1cccc(OCC(F)F)c1)NCC(c1ccco1)N1CCCC1. The number of alkyl halides is 2. The lowest BCUT2D eigenvalue weighted by molar-refractivity contribution is 0.0818. The summed E-state index contributed by atoms with van der Waals surface area (Å²) >= 11 is 0. The van der Waals surface area contributed by atoms with Crippen LogP contribution in [0.5, 0.6) is 5.75 Å². The third-order valence-corrected chi connectivity index (χ3v) is 4.95. The molecule has 0 radical (unpaired) electrons. The number of guanidine groups is 1. The Morgan fingerprint density at radius 3 is 2.73 bits per heavy atom.